The Hall–Kier alpha value is -2.91. The van der Waals surface area contributed by atoms with Gasteiger partial charge in [-0.1, -0.05) is 24.3 Å². The van der Waals surface area contributed by atoms with E-state index >= 15 is 0 Å². The molecule has 0 aliphatic rings. The van der Waals surface area contributed by atoms with Crippen LogP contribution < -0.4 is 14.2 Å². The fourth-order valence-corrected chi connectivity index (χ4v) is 4.70. The summed E-state index contributed by atoms with van der Waals surface area (Å²) in [5.41, 5.74) is 0.338. The summed E-state index contributed by atoms with van der Waals surface area (Å²) in [7, 11) is -0.874. The van der Waals surface area contributed by atoms with Gasteiger partial charge in [-0.3, -0.25) is 9.52 Å². The topological polar surface area (TPSA) is 102 Å². The molecule has 152 valence electrons. The standard InChI is InChI=1S/C20H19NO6S2/c1-26-13-7-9-14(10-8-13)29(24,25)21-17-11-18(28-12-19(22)23)20(27-2)16-6-4-3-5-15(16)17/h3-11,21H,12H2,1-2H3,(H,22,23). The number of methoxy groups -OCH3 is 2. The molecule has 0 saturated carbocycles. The van der Waals surface area contributed by atoms with Crippen LogP contribution in [0.2, 0.25) is 0 Å². The van der Waals surface area contributed by atoms with Gasteiger partial charge in [0.25, 0.3) is 10.0 Å². The molecule has 3 rings (SSSR count). The lowest BCUT2D eigenvalue weighted by atomic mass is 10.1. The predicted molar refractivity (Wildman–Crippen MR) is 113 cm³/mol. The summed E-state index contributed by atoms with van der Waals surface area (Å²) in [6.45, 7) is 0. The Kier molecular flexibility index (Phi) is 6.19. The number of sulfonamides is 1. The van der Waals surface area contributed by atoms with Crippen molar-refractivity contribution >= 4 is 44.2 Å². The first-order chi connectivity index (χ1) is 13.9. The van der Waals surface area contributed by atoms with E-state index in [1.807, 2.05) is 0 Å². The van der Waals surface area contributed by atoms with Gasteiger partial charge in [0.1, 0.15) is 11.5 Å². The molecule has 29 heavy (non-hydrogen) atoms. The number of ether oxygens (including phenoxy) is 2. The molecule has 3 aromatic rings. The molecule has 2 N–H and O–H groups in total. The number of thioether (sulfide) groups is 1. The fourth-order valence-electron chi connectivity index (χ4n) is 2.82. The highest BCUT2D eigenvalue weighted by Gasteiger charge is 2.19. The Morgan fingerprint density at radius 1 is 1.03 bits per heavy atom. The number of fused-ring (bicyclic) bond motifs is 1. The summed E-state index contributed by atoms with van der Waals surface area (Å²) in [6.07, 6.45) is 0. The molecule has 0 aliphatic carbocycles. The first kappa shape index (κ1) is 20.8. The molecule has 0 spiro atoms. The van der Waals surface area contributed by atoms with Gasteiger partial charge in [0.05, 0.1) is 35.5 Å². The average molecular weight is 434 g/mol. The van der Waals surface area contributed by atoms with Gasteiger partial charge in [-0.15, -0.1) is 11.8 Å². The molecule has 0 aromatic heterocycles. The van der Waals surface area contributed by atoms with Crippen LogP contribution >= 0.6 is 11.8 Å². The van der Waals surface area contributed by atoms with Gasteiger partial charge in [-0.2, -0.15) is 0 Å². The lowest BCUT2D eigenvalue weighted by Crippen LogP contribution is -2.13. The zero-order valence-electron chi connectivity index (χ0n) is 15.7. The van der Waals surface area contributed by atoms with Gasteiger partial charge < -0.3 is 14.6 Å². The van der Waals surface area contributed by atoms with Crippen molar-refractivity contribution in [1.29, 1.82) is 0 Å². The zero-order chi connectivity index (χ0) is 21.0. The Labute approximate surface area is 172 Å². The normalized spacial score (nSPS) is 11.2. The first-order valence-electron chi connectivity index (χ1n) is 8.47. The third-order valence-electron chi connectivity index (χ3n) is 4.13. The van der Waals surface area contributed by atoms with Crippen LogP contribution in [0.25, 0.3) is 10.8 Å². The molecule has 0 amide bonds. The molecule has 0 fully saturated rings. The van der Waals surface area contributed by atoms with Crippen LogP contribution in [0, 0.1) is 0 Å². The van der Waals surface area contributed by atoms with Crippen molar-refractivity contribution in [2.45, 2.75) is 9.79 Å². The van der Waals surface area contributed by atoms with Crippen LogP contribution in [0.1, 0.15) is 0 Å². The van der Waals surface area contributed by atoms with Crippen LogP contribution in [-0.2, 0) is 14.8 Å². The van der Waals surface area contributed by atoms with Gasteiger partial charge in [-0.05, 0) is 30.3 Å². The number of carboxylic acids is 1. The number of hydrogen-bond donors (Lipinski definition) is 2. The van der Waals surface area contributed by atoms with E-state index in [1.165, 1.54) is 26.4 Å². The highest BCUT2D eigenvalue weighted by molar-refractivity contribution is 8.00. The summed E-state index contributed by atoms with van der Waals surface area (Å²) < 4.78 is 38.9. The van der Waals surface area contributed by atoms with Crippen LogP contribution in [0.15, 0.2) is 64.4 Å². The third-order valence-corrected chi connectivity index (χ3v) is 6.52. The zero-order valence-corrected chi connectivity index (χ0v) is 17.3. The Morgan fingerprint density at radius 2 is 1.69 bits per heavy atom. The molecule has 9 heteroatoms. The molecule has 0 bridgehead atoms. The second-order valence-corrected chi connectivity index (χ2v) is 8.66. The van der Waals surface area contributed by atoms with Gasteiger partial charge in [-0.25, -0.2) is 8.42 Å². The van der Waals surface area contributed by atoms with Crippen molar-refractivity contribution in [1.82, 2.24) is 0 Å². The summed E-state index contributed by atoms with van der Waals surface area (Å²) in [5, 5.41) is 10.3. The van der Waals surface area contributed by atoms with E-state index in [4.69, 9.17) is 14.6 Å². The number of rotatable bonds is 8. The van der Waals surface area contributed by atoms with Crippen LogP contribution in [0.5, 0.6) is 11.5 Å². The smallest absolute Gasteiger partial charge is 0.313 e. The van der Waals surface area contributed by atoms with Crippen LogP contribution in [-0.4, -0.2) is 39.5 Å². The number of carboxylic acid groups (broad SMARTS) is 1. The van der Waals surface area contributed by atoms with Crippen molar-refractivity contribution < 1.29 is 27.8 Å². The quantitative estimate of drug-likeness (QED) is 0.521. The molecular weight excluding hydrogens is 414 g/mol. The maximum atomic E-state index is 12.9. The summed E-state index contributed by atoms with van der Waals surface area (Å²) >= 11 is 1.06. The van der Waals surface area contributed by atoms with E-state index in [0.717, 1.165) is 11.8 Å². The molecule has 0 atom stereocenters. The number of carbonyl (C=O) groups is 1. The van der Waals surface area contributed by atoms with E-state index in [9.17, 15) is 13.2 Å². The lowest BCUT2D eigenvalue weighted by Gasteiger charge is -2.16. The molecule has 3 aromatic carbocycles. The second kappa shape index (κ2) is 8.62. The Morgan fingerprint density at radius 3 is 2.28 bits per heavy atom. The Bertz CT molecular complexity index is 1140. The van der Waals surface area contributed by atoms with Crippen molar-refractivity contribution in [3.63, 3.8) is 0 Å². The molecule has 0 radical (unpaired) electrons. The Balaban J connectivity index is 2.08. The molecule has 7 nitrogen and oxygen atoms in total. The number of benzene rings is 3. The van der Waals surface area contributed by atoms with Gasteiger partial charge in [0.15, 0.2) is 0 Å². The molecule has 0 saturated heterocycles. The van der Waals surface area contributed by atoms with Crippen LogP contribution in [0.3, 0.4) is 0 Å². The monoisotopic (exact) mass is 433 g/mol. The van der Waals surface area contributed by atoms with Gasteiger partial charge >= 0.3 is 5.97 Å². The summed E-state index contributed by atoms with van der Waals surface area (Å²) in [5.74, 6) is -0.115. The van der Waals surface area contributed by atoms with Crippen LogP contribution in [0.4, 0.5) is 5.69 Å². The van der Waals surface area contributed by atoms with E-state index in [-0.39, 0.29) is 10.6 Å². The van der Waals surface area contributed by atoms with E-state index < -0.39 is 16.0 Å². The van der Waals surface area contributed by atoms with E-state index in [0.29, 0.717) is 32.9 Å². The number of anilines is 1. The fraction of sp³-hybridized carbons (Fsp3) is 0.150. The largest absolute Gasteiger partial charge is 0.497 e. The minimum atomic E-state index is -3.87. The number of aliphatic carboxylic acids is 1. The highest BCUT2D eigenvalue weighted by Crippen LogP contribution is 2.41. The maximum Gasteiger partial charge on any atom is 0.313 e. The number of hydrogen-bond acceptors (Lipinski definition) is 6. The number of nitrogens with one attached hydrogen (secondary N) is 1. The molecule has 0 aliphatic heterocycles. The minimum Gasteiger partial charge on any atom is -0.497 e. The van der Waals surface area contributed by atoms with Crippen molar-refractivity contribution in [3.8, 4) is 11.5 Å². The SMILES string of the molecule is COc1ccc(S(=O)(=O)Nc2cc(SCC(=O)O)c(OC)c3ccccc23)cc1. The van der Waals surface area contributed by atoms with Crippen molar-refractivity contribution in [3.05, 3.63) is 54.6 Å². The summed E-state index contributed by atoms with van der Waals surface area (Å²) in [4.78, 5) is 11.6. The summed E-state index contributed by atoms with van der Waals surface area (Å²) in [6, 6.07) is 14.8. The molecular formula is C20H19NO6S2. The minimum absolute atomic E-state index is 0.0814. The van der Waals surface area contributed by atoms with E-state index in [2.05, 4.69) is 4.72 Å². The van der Waals surface area contributed by atoms with Crippen molar-refractivity contribution in [2.24, 2.45) is 0 Å². The third kappa shape index (κ3) is 4.57. The predicted octanol–water partition coefficient (Wildman–Crippen LogP) is 3.83. The average Bonchev–Trinajstić information content (AvgIpc) is 2.72. The maximum absolute atomic E-state index is 12.9. The van der Waals surface area contributed by atoms with Gasteiger partial charge in [0.2, 0.25) is 0 Å². The second-order valence-electron chi connectivity index (χ2n) is 5.96. The van der Waals surface area contributed by atoms with E-state index in [1.54, 1.807) is 42.5 Å². The highest BCUT2D eigenvalue weighted by atomic mass is 32.2. The first-order valence-corrected chi connectivity index (χ1v) is 10.9. The van der Waals surface area contributed by atoms with Gasteiger partial charge in [0, 0.05) is 10.8 Å². The molecule has 0 heterocycles. The lowest BCUT2D eigenvalue weighted by molar-refractivity contribution is -0.133. The van der Waals surface area contributed by atoms with Crippen molar-refractivity contribution in [2.75, 3.05) is 24.7 Å². The molecule has 0 unspecified atom stereocenters.